The summed E-state index contributed by atoms with van der Waals surface area (Å²) < 4.78 is 11.8. The van der Waals surface area contributed by atoms with Crippen LogP contribution in [0.3, 0.4) is 0 Å². The Morgan fingerprint density at radius 1 is 1.45 bits per heavy atom. The van der Waals surface area contributed by atoms with Gasteiger partial charge in [0.15, 0.2) is 5.79 Å². The molecule has 3 rings (SSSR count). The first-order chi connectivity index (χ1) is 13.9. The van der Waals surface area contributed by atoms with E-state index in [4.69, 9.17) is 14.5 Å². The van der Waals surface area contributed by atoms with Crippen molar-refractivity contribution in [2.24, 2.45) is 0 Å². The summed E-state index contributed by atoms with van der Waals surface area (Å²) in [6.07, 6.45) is 6.17. The molecule has 0 saturated carbocycles. The van der Waals surface area contributed by atoms with Crippen LogP contribution in [-0.2, 0) is 21.7 Å². The summed E-state index contributed by atoms with van der Waals surface area (Å²) in [6, 6.07) is 6.07. The van der Waals surface area contributed by atoms with Gasteiger partial charge in [0, 0.05) is 31.9 Å². The molecule has 3 unspecified atom stereocenters. The zero-order valence-electron chi connectivity index (χ0n) is 17.2. The van der Waals surface area contributed by atoms with E-state index in [1.54, 1.807) is 18.4 Å². The van der Waals surface area contributed by atoms with Crippen LogP contribution in [0.1, 0.15) is 52.0 Å². The second-order valence-corrected chi connectivity index (χ2v) is 8.47. The summed E-state index contributed by atoms with van der Waals surface area (Å²) in [5.74, 6) is -1.07. The van der Waals surface area contributed by atoms with Gasteiger partial charge in [0.05, 0.1) is 34.4 Å². The van der Waals surface area contributed by atoms with E-state index in [1.165, 1.54) is 0 Å². The zero-order valence-corrected chi connectivity index (χ0v) is 18.0. The molecular weight excluding hydrogens is 386 g/mol. The maximum atomic E-state index is 10.3. The van der Waals surface area contributed by atoms with Gasteiger partial charge in [-0.1, -0.05) is 24.8 Å². The number of benzene rings is 1. The van der Waals surface area contributed by atoms with Gasteiger partial charge < -0.3 is 19.7 Å². The van der Waals surface area contributed by atoms with Crippen molar-refractivity contribution in [3.63, 3.8) is 0 Å². The Hall–Kier alpha value is -1.83. The molecule has 3 atom stereocenters. The lowest BCUT2D eigenvalue weighted by Gasteiger charge is -2.42. The van der Waals surface area contributed by atoms with E-state index in [2.05, 4.69) is 19.6 Å². The monoisotopic (exact) mass is 415 g/mol. The lowest BCUT2D eigenvalue weighted by atomic mass is 9.90. The molecular formula is C23H29NO4S. The third-order valence-corrected chi connectivity index (χ3v) is 6.36. The van der Waals surface area contributed by atoms with Crippen LogP contribution in [-0.4, -0.2) is 41.1 Å². The number of rotatable bonds is 7. The normalized spacial score (nSPS) is 24.9. The number of aliphatic hydroxyl groups excluding tert-OH is 2. The van der Waals surface area contributed by atoms with Gasteiger partial charge in [-0.05, 0) is 43.2 Å². The van der Waals surface area contributed by atoms with Crippen LogP contribution in [0, 0.1) is 6.92 Å². The maximum Gasteiger partial charge on any atom is 0.197 e. The molecule has 1 aromatic heterocycles. The topological polar surface area (TPSA) is 71.8 Å². The molecule has 1 fully saturated rings. The van der Waals surface area contributed by atoms with Crippen LogP contribution < -0.4 is 0 Å². The molecule has 2 heterocycles. The first-order valence-corrected chi connectivity index (χ1v) is 10.6. The van der Waals surface area contributed by atoms with Crippen molar-refractivity contribution >= 4 is 23.5 Å². The Morgan fingerprint density at radius 2 is 2.24 bits per heavy atom. The minimum absolute atomic E-state index is 0.155. The number of nitrogens with zero attached hydrogens (tertiary/aromatic N) is 1. The van der Waals surface area contributed by atoms with Gasteiger partial charge in [0.2, 0.25) is 0 Å². The van der Waals surface area contributed by atoms with E-state index in [9.17, 15) is 10.2 Å². The second-order valence-electron chi connectivity index (χ2n) is 7.35. The van der Waals surface area contributed by atoms with Crippen molar-refractivity contribution in [1.82, 2.24) is 4.98 Å². The summed E-state index contributed by atoms with van der Waals surface area (Å²) in [5.41, 5.74) is 4.05. The molecule has 29 heavy (non-hydrogen) atoms. The highest BCUT2D eigenvalue weighted by Gasteiger charge is 2.43. The highest BCUT2D eigenvalue weighted by atomic mass is 32.1. The van der Waals surface area contributed by atoms with Gasteiger partial charge in [-0.2, -0.15) is 0 Å². The van der Waals surface area contributed by atoms with Crippen LogP contribution in [0.5, 0.6) is 0 Å². The first kappa shape index (κ1) is 21.9. The van der Waals surface area contributed by atoms with Gasteiger partial charge in [0.25, 0.3) is 0 Å². The van der Waals surface area contributed by atoms with E-state index in [1.807, 2.05) is 37.3 Å². The van der Waals surface area contributed by atoms with Crippen LogP contribution in [0.25, 0.3) is 12.2 Å². The van der Waals surface area contributed by atoms with Gasteiger partial charge in [0.1, 0.15) is 0 Å². The lowest BCUT2D eigenvalue weighted by Crippen LogP contribution is -2.46. The van der Waals surface area contributed by atoms with Crippen LogP contribution in [0.15, 0.2) is 30.9 Å². The van der Waals surface area contributed by atoms with Crippen molar-refractivity contribution < 1.29 is 19.7 Å². The highest BCUT2D eigenvalue weighted by Crippen LogP contribution is 2.39. The minimum Gasteiger partial charge on any atom is -0.394 e. The first-order valence-electron chi connectivity index (χ1n) is 9.81. The molecule has 0 radical (unpaired) electrons. The molecule has 5 nitrogen and oxygen atoms in total. The fraction of sp³-hybridized carbons (Fsp3) is 0.435. The van der Waals surface area contributed by atoms with Crippen molar-refractivity contribution in [3.05, 3.63) is 63.1 Å². The molecule has 0 spiro atoms. The maximum absolute atomic E-state index is 10.3. The van der Waals surface area contributed by atoms with E-state index in [0.717, 1.165) is 32.3 Å². The summed E-state index contributed by atoms with van der Waals surface area (Å²) in [7, 11) is 1.58. The number of aliphatic hydroxyl groups is 2. The highest BCUT2D eigenvalue weighted by molar-refractivity contribution is 7.12. The van der Waals surface area contributed by atoms with Gasteiger partial charge in [-0.3, -0.25) is 0 Å². The third-order valence-electron chi connectivity index (χ3n) is 5.30. The standard InChI is InChI=1S/C23H29NO4S/c1-5-7-20-21(6-2)29-22(24-20)11-16-10-17(9-8-15(16)3)23(27-4)13-18(26)12-19(14-25)28-23/h5-10,18-19,25-26H,2,11-14H2,1,3-4H3/b7-5-. The van der Waals surface area contributed by atoms with Crippen molar-refractivity contribution in [3.8, 4) is 0 Å². The third kappa shape index (κ3) is 4.68. The number of aromatic nitrogens is 1. The lowest BCUT2D eigenvalue weighted by molar-refractivity contribution is -0.298. The Kier molecular flexibility index (Phi) is 7.03. The molecule has 2 N–H and O–H groups in total. The number of ether oxygens (including phenoxy) is 2. The van der Waals surface area contributed by atoms with Gasteiger partial charge in [-0.25, -0.2) is 4.98 Å². The van der Waals surface area contributed by atoms with Crippen LogP contribution in [0.4, 0.5) is 0 Å². The Balaban J connectivity index is 1.94. The zero-order chi connectivity index (χ0) is 21.0. The Morgan fingerprint density at radius 3 is 2.90 bits per heavy atom. The fourth-order valence-electron chi connectivity index (χ4n) is 3.76. The summed E-state index contributed by atoms with van der Waals surface area (Å²) in [4.78, 5) is 5.81. The van der Waals surface area contributed by atoms with E-state index >= 15 is 0 Å². The Bertz CT molecular complexity index is 891. The van der Waals surface area contributed by atoms with Crippen LogP contribution in [0.2, 0.25) is 0 Å². The predicted molar refractivity (Wildman–Crippen MR) is 117 cm³/mol. The van der Waals surface area contributed by atoms with Crippen LogP contribution >= 0.6 is 11.3 Å². The smallest absolute Gasteiger partial charge is 0.197 e. The van der Waals surface area contributed by atoms with Crippen molar-refractivity contribution in [1.29, 1.82) is 0 Å². The molecule has 1 saturated heterocycles. The summed E-state index contributed by atoms with van der Waals surface area (Å²) in [6.45, 7) is 7.78. The molecule has 1 aliphatic rings. The molecule has 1 aliphatic heterocycles. The molecule has 0 bridgehead atoms. The number of hydrogen-bond acceptors (Lipinski definition) is 6. The SMILES string of the molecule is C=Cc1sc(Cc2cc(C3(OC)CC(O)CC(CO)O3)ccc2C)nc1/C=C\C. The van der Waals surface area contributed by atoms with Crippen molar-refractivity contribution in [2.75, 3.05) is 13.7 Å². The number of aryl methyl sites for hydroxylation is 1. The molecule has 1 aromatic carbocycles. The summed E-state index contributed by atoms with van der Waals surface area (Å²) >= 11 is 1.64. The minimum atomic E-state index is -1.07. The van der Waals surface area contributed by atoms with Gasteiger partial charge >= 0.3 is 0 Å². The fourth-order valence-corrected chi connectivity index (χ4v) is 4.69. The average molecular weight is 416 g/mol. The largest absolute Gasteiger partial charge is 0.394 e. The number of allylic oxidation sites excluding steroid dienone is 1. The molecule has 6 heteroatoms. The molecule has 156 valence electrons. The molecule has 0 amide bonds. The quantitative estimate of drug-likeness (QED) is 0.714. The van der Waals surface area contributed by atoms with E-state index in [-0.39, 0.29) is 6.61 Å². The second kappa shape index (κ2) is 9.32. The molecule has 0 aliphatic carbocycles. The summed E-state index contributed by atoms with van der Waals surface area (Å²) in [5, 5.41) is 20.9. The Labute approximate surface area is 176 Å². The average Bonchev–Trinajstić information content (AvgIpc) is 3.10. The number of hydrogen-bond donors (Lipinski definition) is 2. The van der Waals surface area contributed by atoms with Crippen molar-refractivity contribution in [2.45, 2.75) is 51.1 Å². The van der Waals surface area contributed by atoms with E-state index in [0.29, 0.717) is 19.3 Å². The van der Waals surface area contributed by atoms with E-state index < -0.39 is 18.0 Å². The molecule has 2 aromatic rings. The number of methoxy groups -OCH3 is 1. The van der Waals surface area contributed by atoms with Gasteiger partial charge in [-0.15, -0.1) is 11.3 Å². The predicted octanol–water partition coefficient (Wildman–Crippen LogP) is 4.05. The number of thiazole rings is 1.